The molecule has 0 saturated heterocycles. The first kappa shape index (κ1) is 36.1. The number of hydrogen-bond acceptors (Lipinski definition) is 10. The lowest BCUT2D eigenvalue weighted by atomic mass is 10.0. The number of halogens is 2. The summed E-state index contributed by atoms with van der Waals surface area (Å²) in [5, 5.41) is 4.36. The van der Waals surface area contributed by atoms with Gasteiger partial charge in [0.15, 0.2) is 0 Å². The Hall–Kier alpha value is -4.72. The second kappa shape index (κ2) is 15.3. The number of aromatic nitrogens is 4. The lowest BCUT2D eigenvalue weighted by Crippen LogP contribution is -2.37. The van der Waals surface area contributed by atoms with Crippen LogP contribution in [-0.4, -0.2) is 60.6 Å². The van der Waals surface area contributed by atoms with Crippen LogP contribution in [0.4, 0.5) is 21.5 Å². The van der Waals surface area contributed by atoms with E-state index in [0.29, 0.717) is 54.9 Å². The van der Waals surface area contributed by atoms with Crippen molar-refractivity contribution >= 4 is 47.2 Å². The number of benzene rings is 2. The molecule has 0 atom stereocenters. The van der Waals surface area contributed by atoms with Crippen LogP contribution in [0.25, 0.3) is 22.5 Å². The van der Waals surface area contributed by atoms with Gasteiger partial charge in [0, 0.05) is 44.4 Å². The number of nitrogen functional groups attached to an aromatic ring is 2. The minimum Gasteiger partial charge on any atom is -0.450 e. The Kier molecular flexibility index (Phi) is 10.8. The molecule has 0 bridgehead atoms. The number of carbonyl (C=O) groups is 2. The maximum Gasteiger partial charge on any atom is 0.410 e. The normalized spacial score (nSPS) is 15.6. The van der Waals surface area contributed by atoms with E-state index in [0.717, 1.165) is 69.0 Å². The molecule has 7 N–H and O–H groups in total. The molecule has 268 valence electrons. The molecule has 2 aromatic carbocycles. The quantitative estimate of drug-likeness (QED) is 0.189. The van der Waals surface area contributed by atoms with Crippen LogP contribution in [0.2, 0.25) is 10.0 Å². The fourth-order valence-corrected chi connectivity index (χ4v) is 6.31. The Morgan fingerprint density at radius 1 is 0.784 bits per heavy atom. The van der Waals surface area contributed by atoms with Crippen molar-refractivity contribution in [2.45, 2.75) is 84.7 Å². The smallest absolute Gasteiger partial charge is 0.410 e. The first-order valence-corrected chi connectivity index (χ1v) is 17.7. The lowest BCUT2D eigenvalue weighted by molar-refractivity contribution is 0.106. The zero-order chi connectivity index (χ0) is 36.4. The van der Waals surface area contributed by atoms with Crippen molar-refractivity contribution in [1.29, 1.82) is 0 Å². The Morgan fingerprint density at radius 2 is 1.25 bits per heavy atom. The summed E-state index contributed by atoms with van der Waals surface area (Å²) < 4.78 is 5.06. The summed E-state index contributed by atoms with van der Waals surface area (Å²) in [6, 6.07) is 12.1. The maximum atomic E-state index is 12.3. The number of aryl methyl sites for hydroxylation is 2. The molecule has 0 radical (unpaired) electrons. The molecule has 2 aliphatic heterocycles. The first-order valence-electron chi connectivity index (χ1n) is 17.0. The van der Waals surface area contributed by atoms with Gasteiger partial charge < -0.3 is 32.2 Å². The SMILES string of the molecule is CCOC(=O)N1Cc2nc(N)nc(-c3ccc(Cl)cc3C)c2C1.Cc1cc(Cl)ccc1-c1nc(N)nc2c1CN(C(=O)NC1CC1)C2.NC1CC1. The van der Waals surface area contributed by atoms with E-state index < -0.39 is 0 Å². The van der Waals surface area contributed by atoms with Crippen molar-refractivity contribution in [3.63, 3.8) is 0 Å². The van der Waals surface area contributed by atoms with Gasteiger partial charge in [-0.2, -0.15) is 0 Å². The van der Waals surface area contributed by atoms with Crippen LogP contribution in [0.15, 0.2) is 36.4 Å². The van der Waals surface area contributed by atoms with Gasteiger partial charge in [-0.3, -0.25) is 4.90 Å². The average Bonchev–Trinajstić information content (AvgIpc) is 3.97. The topological polar surface area (TPSA) is 192 Å². The predicted octanol–water partition coefficient (Wildman–Crippen LogP) is 6.14. The van der Waals surface area contributed by atoms with Crippen molar-refractivity contribution in [3.8, 4) is 22.5 Å². The Bertz CT molecular complexity index is 1970. The van der Waals surface area contributed by atoms with E-state index in [1.807, 2.05) is 50.2 Å². The number of urea groups is 1. The fraction of sp³-hybridized carbons (Fsp3) is 0.389. The summed E-state index contributed by atoms with van der Waals surface area (Å²) in [6.45, 7) is 7.80. The van der Waals surface area contributed by atoms with Crippen LogP contribution >= 0.6 is 23.2 Å². The summed E-state index contributed by atoms with van der Waals surface area (Å²) >= 11 is 12.1. The molecule has 13 nitrogen and oxygen atoms in total. The molecule has 3 amide bonds. The largest absolute Gasteiger partial charge is 0.450 e. The second-order valence-electron chi connectivity index (χ2n) is 13.1. The summed E-state index contributed by atoms with van der Waals surface area (Å²) in [4.78, 5) is 45.1. The fourth-order valence-electron chi connectivity index (χ4n) is 5.86. The van der Waals surface area contributed by atoms with Crippen LogP contribution < -0.4 is 22.5 Å². The summed E-state index contributed by atoms with van der Waals surface area (Å²) in [7, 11) is 0. The van der Waals surface area contributed by atoms with Gasteiger partial charge in [-0.05, 0) is 81.8 Å². The predicted molar refractivity (Wildman–Crippen MR) is 198 cm³/mol. The lowest BCUT2D eigenvalue weighted by Gasteiger charge is -2.16. The third-order valence-electron chi connectivity index (χ3n) is 8.83. The van der Waals surface area contributed by atoms with Crippen molar-refractivity contribution in [1.82, 2.24) is 35.1 Å². The highest BCUT2D eigenvalue weighted by Gasteiger charge is 2.32. The van der Waals surface area contributed by atoms with Crippen LogP contribution in [0.3, 0.4) is 0 Å². The molecule has 4 aliphatic rings. The number of nitrogens with two attached hydrogens (primary N) is 3. The van der Waals surface area contributed by atoms with E-state index >= 15 is 0 Å². The molecule has 15 heteroatoms. The highest BCUT2D eigenvalue weighted by Crippen LogP contribution is 2.35. The van der Waals surface area contributed by atoms with Crippen molar-refractivity contribution in [2.75, 3.05) is 18.1 Å². The molecule has 2 aliphatic carbocycles. The van der Waals surface area contributed by atoms with Crippen LogP contribution in [0, 0.1) is 13.8 Å². The highest BCUT2D eigenvalue weighted by molar-refractivity contribution is 6.31. The van der Waals surface area contributed by atoms with Crippen molar-refractivity contribution in [2.24, 2.45) is 5.73 Å². The van der Waals surface area contributed by atoms with Crippen molar-refractivity contribution in [3.05, 3.63) is 80.1 Å². The van der Waals surface area contributed by atoms with E-state index in [4.69, 9.17) is 45.1 Å². The van der Waals surface area contributed by atoms with Gasteiger partial charge >= 0.3 is 12.1 Å². The first-order chi connectivity index (χ1) is 24.4. The molecule has 4 aromatic rings. The second-order valence-corrected chi connectivity index (χ2v) is 14.0. The van der Waals surface area contributed by atoms with E-state index in [9.17, 15) is 9.59 Å². The Morgan fingerprint density at radius 3 is 1.69 bits per heavy atom. The van der Waals surface area contributed by atoms with Gasteiger partial charge in [-0.1, -0.05) is 35.3 Å². The number of ether oxygens (including phenoxy) is 1. The number of anilines is 2. The summed E-state index contributed by atoms with van der Waals surface area (Å²) in [5.74, 6) is 0.418. The van der Waals surface area contributed by atoms with Gasteiger partial charge in [-0.15, -0.1) is 0 Å². The van der Waals surface area contributed by atoms with Crippen LogP contribution in [0.5, 0.6) is 0 Å². The van der Waals surface area contributed by atoms with Gasteiger partial charge in [0.25, 0.3) is 0 Å². The Labute approximate surface area is 306 Å². The summed E-state index contributed by atoms with van der Waals surface area (Å²) in [6.07, 6.45) is 4.30. The molecule has 2 saturated carbocycles. The number of hydrogen-bond donors (Lipinski definition) is 4. The van der Waals surface area contributed by atoms with Crippen LogP contribution in [-0.2, 0) is 30.9 Å². The molecule has 0 unspecified atom stereocenters. The number of nitrogens with zero attached hydrogens (tertiary/aromatic N) is 6. The number of nitrogens with one attached hydrogen (secondary N) is 1. The molecular formula is C36H42Cl2N10O3. The molecular weight excluding hydrogens is 691 g/mol. The molecule has 0 spiro atoms. The van der Waals surface area contributed by atoms with Gasteiger partial charge in [-0.25, -0.2) is 29.5 Å². The third-order valence-corrected chi connectivity index (χ3v) is 9.30. The molecule has 8 rings (SSSR count). The summed E-state index contributed by atoms with van der Waals surface area (Å²) in [5.41, 5.74) is 25.8. The van der Waals surface area contributed by atoms with Crippen molar-refractivity contribution < 1.29 is 14.3 Å². The number of fused-ring (bicyclic) bond motifs is 2. The third kappa shape index (κ3) is 8.78. The van der Waals surface area contributed by atoms with Gasteiger partial charge in [0.05, 0.1) is 55.6 Å². The van der Waals surface area contributed by atoms with E-state index in [-0.39, 0.29) is 24.0 Å². The van der Waals surface area contributed by atoms with E-state index in [2.05, 4.69) is 25.3 Å². The maximum absolute atomic E-state index is 12.3. The highest BCUT2D eigenvalue weighted by atomic mass is 35.5. The van der Waals surface area contributed by atoms with Gasteiger partial charge in [0.1, 0.15) is 0 Å². The molecule has 2 fully saturated rings. The standard InChI is InChI=1S/C17H18ClN5O.C16H17ClN4O2.C3H7N/c1-9-6-10(18)2-5-12(9)15-13-7-23(17(24)20-11-3-4-11)8-14(13)21-16(19)22-15;1-3-23-16(22)21-7-12-13(8-21)19-15(18)20-14(12)11-5-4-10(17)6-9(11)2;4-3-1-2-3/h2,5-6,11H,3-4,7-8H2,1H3,(H,20,24)(H2,19,21,22);4-6H,3,7-8H2,1-2H3,(H2,18,19,20);3H,1-2,4H2. The van der Waals surface area contributed by atoms with Gasteiger partial charge in [0.2, 0.25) is 11.9 Å². The molecule has 4 heterocycles. The zero-order valence-electron chi connectivity index (χ0n) is 28.9. The average molecular weight is 734 g/mol. The molecule has 51 heavy (non-hydrogen) atoms. The molecule has 2 aromatic heterocycles. The van der Waals surface area contributed by atoms with E-state index in [1.165, 1.54) is 12.8 Å². The number of amides is 3. The monoisotopic (exact) mass is 732 g/mol. The van der Waals surface area contributed by atoms with Crippen LogP contribution in [0.1, 0.15) is 66.2 Å². The zero-order valence-corrected chi connectivity index (χ0v) is 30.4. The Balaban J connectivity index is 0.000000158. The minimum absolute atomic E-state index is 0.0483. The minimum atomic E-state index is -0.358. The number of rotatable bonds is 4. The van der Waals surface area contributed by atoms with E-state index in [1.54, 1.807) is 16.7 Å². The number of carbonyl (C=O) groups excluding carboxylic acids is 2.